The molecule has 0 aromatic rings. The molecule has 0 aliphatic heterocycles. The van der Waals surface area contributed by atoms with Crippen LogP contribution in [-0.2, 0) is 9.59 Å². The van der Waals surface area contributed by atoms with E-state index in [9.17, 15) is 9.59 Å². The van der Waals surface area contributed by atoms with Crippen LogP contribution in [0.3, 0.4) is 0 Å². The predicted octanol–water partition coefficient (Wildman–Crippen LogP) is -5.01. The van der Waals surface area contributed by atoms with Gasteiger partial charge in [-0.1, -0.05) is 0 Å². The number of aliphatic hydroxyl groups excluding tert-OH is 3. The predicted molar refractivity (Wildman–Crippen MR) is 41.2 cm³/mol. The van der Waals surface area contributed by atoms with E-state index >= 15 is 0 Å². The average Bonchev–Trinajstić information content (AvgIpc) is 2.03. The van der Waals surface area contributed by atoms with Crippen LogP contribution in [0.2, 0.25) is 0 Å². The standard InChI is InChI=1S/C4H6O6.C2H6O.K.H/c5-1(3(7)8)2(6)4(9)10;1-2-3;;/h1-2,5-6H,(H,7,8)(H,9,10);3H,2H2,1H3;;/q;;+1;-1. The third-order valence-corrected chi connectivity index (χ3v) is 0.805. The van der Waals surface area contributed by atoms with E-state index in [-0.39, 0.29) is 59.4 Å². The van der Waals surface area contributed by atoms with E-state index in [1.165, 1.54) is 0 Å². The molecule has 8 heteroatoms. The van der Waals surface area contributed by atoms with Crippen molar-refractivity contribution in [2.75, 3.05) is 6.61 Å². The smallest absolute Gasteiger partial charge is 1.00 e. The molecule has 2 atom stereocenters. The van der Waals surface area contributed by atoms with Crippen molar-refractivity contribution in [1.82, 2.24) is 0 Å². The molecule has 2 unspecified atom stereocenters. The SMILES string of the molecule is CCO.O=C(O)C(O)C(O)C(=O)O.[H-].[K+]. The average molecular weight is 236 g/mol. The van der Waals surface area contributed by atoms with Gasteiger partial charge in [-0.3, -0.25) is 0 Å². The van der Waals surface area contributed by atoms with Crippen molar-refractivity contribution in [2.45, 2.75) is 19.1 Å². The largest absolute Gasteiger partial charge is 1.00 e. The van der Waals surface area contributed by atoms with Crippen LogP contribution < -0.4 is 51.4 Å². The topological polar surface area (TPSA) is 135 Å². The van der Waals surface area contributed by atoms with Crippen LogP contribution in [0.5, 0.6) is 0 Å². The third kappa shape index (κ3) is 10.5. The van der Waals surface area contributed by atoms with Crippen LogP contribution in [0.15, 0.2) is 0 Å². The fourth-order valence-electron chi connectivity index (χ4n) is 0.270. The number of aliphatic carboxylic acids is 2. The molecule has 0 bridgehead atoms. The van der Waals surface area contributed by atoms with Crippen LogP contribution in [-0.4, -0.2) is 56.3 Å². The summed E-state index contributed by atoms with van der Waals surface area (Å²) in [5, 5.41) is 40.1. The van der Waals surface area contributed by atoms with Gasteiger partial charge in [0.15, 0.2) is 12.2 Å². The Morgan fingerprint density at radius 2 is 1.29 bits per heavy atom. The quantitative estimate of drug-likeness (QED) is 0.309. The number of hydrogen-bond donors (Lipinski definition) is 5. The van der Waals surface area contributed by atoms with Gasteiger partial charge in [-0.05, 0) is 6.92 Å². The van der Waals surface area contributed by atoms with Crippen molar-refractivity contribution in [3.8, 4) is 0 Å². The molecule has 0 saturated heterocycles. The number of carboxylic acid groups (broad SMARTS) is 2. The van der Waals surface area contributed by atoms with E-state index in [1.807, 2.05) is 0 Å². The Hall–Kier alpha value is 0.456. The molecule has 0 heterocycles. The summed E-state index contributed by atoms with van der Waals surface area (Å²) in [5.74, 6) is -3.54. The van der Waals surface area contributed by atoms with Gasteiger partial charge >= 0.3 is 63.3 Å². The molecule has 0 aliphatic rings. The zero-order valence-corrected chi connectivity index (χ0v) is 11.0. The summed E-state index contributed by atoms with van der Waals surface area (Å²) in [6, 6.07) is 0. The summed E-state index contributed by atoms with van der Waals surface area (Å²) in [6.07, 6.45) is -4.53. The van der Waals surface area contributed by atoms with Crippen LogP contribution in [0.1, 0.15) is 8.35 Å². The summed E-state index contributed by atoms with van der Waals surface area (Å²) >= 11 is 0. The summed E-state index contributed by atoms with van der Waals surface area (Å²) in [4.78, 5) is 19.5. The number of hydrogen-bond acceptors (Lipinski definition) is 5. The van der Waals surface area contributed by atoms with Crippen LogP contribution in [0.4, 0.5) is 0 Å². The molecule has 0 saturated carbocycles. The minimum Gasteiger partial charge on any atom is -1.00 e. The first-order valence-electron chi connectivity index (χ1n) is 3.31. The zero-order chi connectivity index (χ0) is 11.0. The maximum atomic E-state index is 9.77. The zero-order valence-electron chi connectivity index (χ0n) is 8.91. The Morgan fingerprint density at radius 3 is 1.36 bits per heavy atom. The van der Waals surface area contributed by atoms with Gasteiger partial charge in [0.25, 0.3) is 0 Å². The van der Waals surface area contributed by atoms with Gasteiger partial charge in [0.1, 0.15) is 0 Å². The van der Waals surface area contributed by atoms with E-state index < -0.39 is 24.1 Å². The number of rotatable bonds is 3. The molecule has 80 valence electrons. The van der Waals surface area contributed by atoms with Gasteiger partial charge in [0.2, 0.25) is 0 Å². The molecule has 0 fully saturated rings. The normalized spacial score (nSPS) is 12.6. The van der Waals surface area contributed by atoms with Gasteiger partial charge in [-0.25, -0.2) is 9.59 Å². The molecule has 0 radical (unpaired) electrons. The molecular formula is C6H13KO7. The fraction of sp³-hybridized carbons (Fsp3) is 0.667. The first-order valence-corrected chi connectivity index (χ1v) is 3.31. The van der Waals surface area contributed by atoms with Crippen LogP contribution in [0, 0.1) is 0 Å². The van der Waals surface area contributed by atoms with Crippen molar-refractivity contribution in [2.24, 2.45) is 0 Å². The molecule has 0 aromatic heterocycles. The first kappa shape index (κ1) is 19.9. The maximum Gasteiger partial charge on any atom is 1.00 e. The monoisotopic (exact) mass is 236 g/mol. The second-order valence-electron chi connectivity index (χ2n) is 1.88. The Kier molecular flexibility index (Phi) is 16.4. The van der Waals surface area contributed by atoms with Crippen molar-refractivity contribution < 1.29 is 87.9 Å². The summed E-state index contributed by atoms with van der Waals surface area (Å²) in [7, 11) is 0. The van der Waals surface area contributed by atoms with E-state index in [0.717, 1.165) is 0 Å². The molecular weight excluding hydrogens is 223 g/mol. The Morgan fingerprint density at radius 1 is 1.14 bits per heavy atom. The minimum atomic E-state index is -2.27. The van der Waals surface area contributed by atoms with Crippen molar-refractivity contribution in [3.63, 3.8) is 0 Å². The fourth-order valence-corrected chi connectivity index (χ4v) is 0.270. The molecule has 0 aromatic carbocycles. The third-order valence-electron chi connectivity index (χ3n) is 0.805. The molecule has 5 N–H and O–H groups in total. The van der Waals surface area contributed by atoms with Crippen LogP contribution in [0.25, 0.3) is 0 Å². The second kappa shape index (κ2) is 11.5. The molecule has 14 heavy (non-hydrogen) atoms. The van der Waals surface area contributed by atoms with Crippen LogP contribution >= 0.6 is 0 Å². The molecule has 0 amide bonds. The van der Waals surface area contributed by atoms with Crippen molar-refractivity contribution in [1.29, 1.82) is 0 Å². The Bertz CT molecular complexity index is 159. The maximum absolute atomic E-state index is 9.77. The first-order chi connectivity index (χ1) is 5.88. The molecule has 0 rings (SSSR count). The van der Waals surface area contributed by atoms with Gasteiger partial charge in [-0.15, -0.1) is 0 Å². The number of carbonyl (C=O) groups is 2. The van der Waals surface area contributed by atoms with Gasteiger partial charge in [-0.2, -0.15) is 0 Å². The Balaban J connectivity index is -0.000000108. The van der Waals surface area contributed by atoms with E-state index in [0.29, 0.717) is 0 Å². The van der Waals surface area contributed by atoms with E-state index in [1.54, 1.807) is 6.92 Å². The van der Waals surface area contributed by atoms with E-state index in [4.69, 9.17) is 25.5 Å². The van der Waals surface area contributed by atoms with Gasteiger partial charge < -0.3 is 27.0 Å². The van der Waals surface area contributed by atoms with Gasteiger partial charge in [0, 0.05) is 6.61 Å². The van der Waals surface area contributed by atoms with Gasteiger partial charge in [0.05, 0.1) is 0 Å². The summed E-state index contributed by atoms with van der Waals surface area (Å²) < 4.78 is 0. The second-order valence-corrected chi connectivity index (χ2v) is 1.88. The number of carboxylic acids is 2. The van der Waals surface area contributed by atoms with Crippen molar-refractivity contribution >= 4 is 11.9 Å². The molecule has 7 nitrogen and oxygen atoms in total. The molecule has 0 spiro atoms. The number of aliphatic hydroxyl groups is 3. The summed E-state index contributed by atoms with van der Waals surface area (Å²) in [5.41, 5.74) is 0. The van der Waals surface area contributed by atoms with E-state index in [2.05, 4.69) is 0 Å². The molecule has 0 aliphatic carbocycles. The minimum absolute atomic E-state index is 0. The Labute approximate surface area is 124 Å². The van der Waals surface area contributed by atoms with Crippen molar-refractivity contribution in [3.05, 3.63) is 0 Å². The summed E-state index contributed by atoms with van der Waals surface area (Å²) in [6.45, 7) is 1.93.